The molecule has 5 heteroatoms. The molecule has 0 spiro atoms. The molecule has 0 saturated carbocycles. The first-order valence-electron chi connectivity index (χ1n) is 7.46. The molecule has 0 amide bonds. The molecule has 0 bridgehead atoms. The van der Waals surface area contributed by atoms with Crippen molar-refractivity contribution in [2.45, 2.75) is 27.2 Å². The number of carbonyl (C=O) groups excluding carboxylic acids is 1. The minimum atomic E-state index is -0.353. The Hall–Kier alpha value is -1.88. The fourth-order valence-electron chi connectivity index (χ4n) is 1.82. The third-order valence-electron chi connectivity index (χ3n) is 3.05. The van der Waals surface area contributed by atoms with Crippen LogP contribution in [0.1, 0.15) is 37.7 Å². The van der Waals surface area contributed by atoms with Gasteiger partial charge in [-0.3, -0.25) is 0 Å². The van der Waals surface area contributed by atoms with Gasteiger partial charge in [0.2, 0.25) is 0 Å². The number of hydrogen-bond acceptors (Lipinski definition) is 5. The highest BCUT2D eigenvalue weighted by Crippen LogP contribution is 2.26. The summed E-state index contributed by atoms with van der Waals surface area (Å²) in [5.74, 6) is 0.993. The van der Waals surface area contributed by atoms with Crippen LogP contribution < -0.4 is 4.74 Å². The van der Waals surface area contributed by atoms with Crippen LogP contribution in [0.25, 0.3) is 10.6 Å². The molecule has 4 nitrogen and oxygen atoms in total. The smallest absolute Gasteiger partial charge is 0.357 e. The van der Waals surface area contributed by atoms with Gasteiger partial charge in [-0.15, -0.1) is 11.3 Å². The number of aromatic nitrogens is 1. The molecule has 0 atom stereocenters. The summed E-state index contributed by atoms with van der Waals surface area (Å²) in [6.07, 6.45) is 0.863. The molecule has 0 radical (unpaired) electrons. The third kappa shape index (κ3) is 4.56. The van der Waals surface area contributed by atoms with Gasteiger partial charge in [0.25, 0.3) is 0 Å². The molecule has 1 aromatic heterocycles. The van der Waals surface area contributed by atoms with Crippen molar-refractivity contribution in [2.24, 2.45) is 5.92 Å². The van der Waals surface area contributed by atoms with Crippen molar-refractivity contribution in [1.29, 1.82) is 0 Å². The number of rotatable bonds is 7. The van der Waals surface area contributed by atoms with Crippen molar-refractivity contribution in [3.05, 3.63) is 35.3 Å². The monoisotopic (exact) mass is 319 g/mol. The molecule has 0 unspecified atom stereocenters. The summed E-state index contributed by atoms with van der Waals surface area (Å²) in [5, 5.41) is 2.54. The summed E-state index contributed by atoms with van der Waals surface area (Å²) in [5.41, 5.74) is 1.34. The normalized spacial score (nSPS) is 10.7. The van der Waals surface area contributed by atoms with E-state index in [1.54, 1.807) is 5.38 Å². The number of hydrogen-bond donors (Lipinski definition) is 0. The van der Waals surface area contributed by atoms with Crippen LogP contribution in [0.15, 0.2) is 29.6 Å². The molecule has 1 aromatic carbocycles. The van der Waals surface area contributed by atoms with Crippen molar-refractivity contribution < 1.29 is 14.3 Å². The Morgan fingerprint density at radius 2 is 2.00 bits per heavy atom. The van der Waals surface area contributed by atoms with Gasteiger partial charge in [0.05, 0.1) is 13.2 Å². The lowest BCUT2D eigenvalue weighted by Crippen LogP contribution is -2.08. The Labute approximate surface area is 135 Å². The average Bonchev–Trinajstić information content (AvgIpc) is 2.98. The maximum atomic E-state index is 11.9. The fraction of sp³-hybridized carbons (Fsp3) is 0.412. The van der Waals surface area contributed by atoms with E-state index in [1.807, 2.05) is 31.2 Å². The molecular weight excluding hydrogens is 298 g/mol. The number of nitrogens with zero attached hydrogens (tertiary/aromatic N) is 1. The zero-order valence-corrected chi connectivity index (χ0v) is 14.0. The molecule has 2 rings (SSSR count). The van der Waals surface area contributed by atoms with Crippen LogP contribution in [0.2, 0.25) is 0 Å². The second kappa shape index (κ2) is 7.94. The summed E-state index contributed by atoms with van der Waals surface area (Å²) in [6, 6.07) is 7.69. The molecular formula is C17H21NO3S. The number of carbonyl (C=O) groups is 1. The van der Waals surface area contributed by atoms with Crippen LogP contribution in [0.5, 0.6) is 5.75 Å². The van der Waals surface area contributed by atoms with E-state index in [1.165, 1.54) is 11.3 Å². The van der Waals surface area contributed by atoms with Crippen molar-refractivity contribution >= 4 is 17.3 Å². The Balaban J connectivity index is 1.99. The van der Waals surface area contributed by atoms with Crippen LogP contribution in [0.4, 0.5) is 0 Å². The lowest BCUT2D eigenvalue weighted by molar-refractivity contribution is 0.0482. The second-order valence-corrected chi connectivity index (χ2v) is 6.17. The van der Waals surface area contributed by atoms with E-state index in [9.17, 15) is 4.79 Å². The Morgan fingerprint density at radius 1 is 1.27 bits per heavy atom. The van der Waals surface area contributed by atoms with Gasteiger partial charge in [0.15, 0.2) is 5.69 Å². The maximum absolute atomic E-state index is 11.9. The summed E-state index contributed by atoms with van der Waals surface area (Å²) in [4.78, 5) is 16.3. The van der Waals surface area contributed by atoms with Crippen molar-refractivity contribution in [3.63, 3.8) is 0 Å². The van der Waals surface area contributed by atoms with Crippen molar-refractivity contribution in [2.75, 3.05) is 13.2 Å². The summed E-state index contributed by atoms with van der Waals surface area (Å²) >= 11 is 1.44. The zero-order chi connectivity index (χ0) is 15.9. The van der Waals surface area contributed by atoms with Crippen LogP contribution in [-0.4, -0.2) is 24.2 Å². The van der Waals surface area contributed by atoms with Gasteiger partial charge in [0.1, 0.15) is 10.8 Å². The van der Waals surface area contributed by atoms with E-state index >= 15 is 0 Å². The summed E-state index contributed by atoms with van der Waals surface area (Å²) in [7, 11) is 0. The molecule has 118 valence electrons. The van der Waals surface area contributed by atoms with Gasteiger partial charge in [-0.05, 0) is 43.5 Å². The molecule has 0 aliphatic heterocycles. The highest BCUT2D eigenvalue weighted by Gasteiger charge is 2.13. The van der Waals surface area contributed by atoms with Crippen LogP contribution >= 0.6 is 11.3 Å². The molecule has 0 aliphatic carbocycles. The first-order valence-corrected chi connectivity index (χ1v) is 8.34. The van der Waals surface area contributed by atoms with Gasteiger partial charge in [-0.25, -0.2) is 9.78 Å². The van der Waals surface area contributed by atoms with Gasteiger partial charge in [-0.1, -0.05) is 13.8 Å². The minimum absolute atomic E-state index is 0.353. The van der Waals surface area contributed by atoms with E-state index in [4.69, 9.17) is 9.47 Å². The Bertz CT molecular complexity index is 605. The molecule has 0 aliphatic rings. The standard InChI is InChI=1S/C17H21NO3S/c1-4-20-14-7-5-13(6-8-14)16-18-15(11-22-16)17(19)21-10-9-12(2)3/h5-8,11-12H,4,9-10H2,1-3H3. The Morgan fingerprint density at radius 3 is 2.64 bits per heavy atom. The largest absolute Gasteiger partial charge is 0.494 e. The Kier molecular flexibility index (Phi) is 5.95. The number of thiazole rings is 1. The van der Waals surface area contributed by atoms with Crippen LogP contribution in [0.3, 0.4) is 0 Å². The minimum Gasteiger partial charge on any atom is -0.494 e. The number of ether oxygens (including phenoxy) is 2. The summed E-state index contributed by atoms with van der Waals surface area (Å²) in [6.45, 7) is 7.22. The topological polar surface area (TPSA) is 48.4 Å². The quantitative estimate of drug-likeness (QED) is 0.709. The van der Waals surface area contributed by atoms with Crippen molar-refractivity contribution in [3.8, 4) is 16.3 Å². The van der Waals surface area contributed by atoms with Crippen LogP contribution in [0, 0.1) is 5.92 Å². The third-order valence-corrected chi connectivity index (χ3v) is 3.95. The maximum Gasteiger partial charge on any atom is 0.357 e. The zero-order valence-electron chi connectivity index (χ0n) is 13.2. The summed E-state index contributed by atoms with van der Waals surface area (Å²) < 4.78 is 10.6. The first kappa shape index (κ1) is 16.5. The van der Waals surface area contributed by atoms with Crippen molar-refractivity contribution in [1.82, 2.24) is 4.98 Å². The van der Waals surface area contributed by atoms with E-state index < -0.39 is 0 Å². The van der Waals surface area contributed by atoms with Gasteiger partial charge in [0, 0.05) is 10.9 Å². The predicted octanol–water partition coefficient (Wildman–Crippen LogP) is 4.41. The SMILES string of the molecule is CCOc1ccc(-c2nc(C(=O)OCCC(C)C)cs2)cc1. The fourth-order valence-corrected chi connectivity index (χ4v) is 2.62. The highest BCUT2D eigenvalue weighted by atomic mass is 32.1. The van der Waals surface area contributed by atoms with E-state index in [2.05, 4.69) is 18.8 Å². The molecule has 1 heterocycles. The molecule has 0 N–H and O–H groups in total. The molecule has 2 aromatic rings. The first-order chi connectivity index (χ1) is 10.6. The van der Waals surface area contributed by atoms with E-state index in [-0.39, 0.29) is 5.97 Å². The van der Waals surface area contributed by atoms with Gasteiger partial charge < -0.3 is 9.47 Å². The van der Waals surface area contributed by atoms with Gasteiger partial charge in [-0.2, -0.15) is 0 Å². The van der Waals surface area contributed by atoms with E-state index in [0.717, 1.165) is 22.7 Å². The van der Waals surface area contributed by atoms with E-state index in [0.29, 0.717) is 24.8 Å². The number of benzene rings is 1. The predicted molar refractivity (Wildman–Crippen MR) is 88.5 cm³/mol. The average molecular weight is 319 g/mol. The second-order valence-electron chi connectivity index (χ2n) is 5.31. The number of esters is 1. The van der Waals surface area contributed by atoms with Gasteiger partial charge >= 0.3 is 5.97 Å². The lowest BCUT2D eigenvalue weighted by atomic mass is 10.1. The highest BCUT2D eigenvalue weighted by molar-refractivity contribution is 7.13. The molecule has 22 heavy (non-hydrogen) atoms. The molecule has 0 saturated heterocycles. The molecule has 0 fully saturated rings. The lowest BCUT2D eigenvalue weighted by Gasteiger charge is -2.05. The van der Waals surface area contributed by atoms with Crippen LogP contribution in [-0.2, 0) is 4.74 Å².